The lowest BCUT2D eigenvalue weighted by Gasteiger charge is -2.10. The van der Waals surface area contributed by atoms with E-state index in [1.54, 1.807) is 12.3 Å². The SMILES string of the molecule is O=C(Nc1ccc[nH]1)C1(CO)CC1. The molecule has 2 rings (SSSR count). The number of H-pyrrole nitrogens is 1. The highest BCUT2D eigenvalue weighted by molar-refractivity contribution is 5.96. The predicted molar refractivity (Wildman–Crippen MR) is 48.2 cm³/mol. The second-order valence-electron chi connectivity index (χ2n) is 3.48. The molecule has 13 heavy (non-hydrogen) atoms. The number of carbonyl (C=O) groups is 1. The number of aliphatic hydroxyl groups is 1. The number of hydrogen-bond acceptors (Lipinski definition) is 2. The number of carbonyl (C=O) groups excluding carboxylic acids is 1. The minimum atomic E-state index is -0.495. The molecular formula is C9H12N2O2. The molecule has 1 aliphatic carbocycles. The summed E-state index contributed by atoms with van der Waals surface area (Å²) in [7, 11) is 0. The number of amides is 1. The summed E-state index contributed by atoms with van der Waals surface area (Å²) in [6, 6.07) is 3.60. The molecule has 1 aromatic rings. The van der Waals surface area contributed by atoms with E-state index >= 15 is 0 Å². The molecule has 1 amide bonds. The highest BCUT2D eigenvalue weighted by Gasteiger charge is 2.49. The third-order valence-electron chi connectivity index (χ3n) is 2.48. The summed E-state index contributed by atoms with van der Waals surface area (Å²) in [5.74, 6) is 0.599. The van der Waals surface area contributed by atoms with Crippen LogP contribution < -0.4 is 5.32 Å². The van der Waals surface area contributed by atoms with Crippen LogP contribution in [0.15, 0.2) is 18.3 Å². The zero-order valence-electron chi connectivity index (χ0n) is 7.21. The van der Waals surface area contributed by atoms with Crippen LogP contribution in [0.1, 0.15) is 12.8 Å². The van der Waals surface area contributed by atoms with Crippen molar-refractivity contribution >= 4 is 11.7 Å². The second kappa shape index (κ2) is 2.88. The fourth-order valence-electron chi connectivity index (χ4n) is 1.27. The van der Waals surface area contributed by atoms with Crippen molar-refractivity contribution in [3.05, 3.63) is 18.3 Å². The van der Waals surface area contributed by atoms with Gasteiger partial charge in [-0.1, -0.05) is 0 Å². The number of aromatic nitrogens is 1. The predicted octanol–water partition coefficient (Wildman–Crippen LogP) is 0.726. The average molecular weight is 180 g/mol. The molecule has 0 radical (unpaired) electrons. The van der Waals surface area contributed by atoms with Gasteiger partial charge in [-0.25, -0.2) is 0 Å². The van der Waals surface area contributed by atoms with Gasteiger partial charge >= 0.3 is 0 Å². The summed E-state index contributed by atoms with van der Waals surface area (Å²) in [4.78, 5) is 14.4. The molecule has 0 saturated heterocycles. The Kier molecular flexibility index (Phi) is 1.84. The maximum Gasteiger partial charge on any atom is 0.234 e. The van der Waals surface area contributed by atoms with Gasteiger partial charge < -0.3 is 15.4 Å². The molecule has 4 heteroatoms. The van der Waals surface area contributed by atoms with Gasteiger partial charge in [0, 0.05) is 6.20 Å². The van der Waals surface area contributed by atoms with Gasteiger partial charge in [0.25, 0.3) is 0 Å². The van der Waals surface area contributed by atoms with E-state index in [1.807, 2.05) is 6.07 Å². The minimum absolute atomic E-state index is 0.0560. The fraction of sp³-hybridized carbons (Fsp3) is 0.444. The van der Waals surface area contributed by atoms with Crippen LogP contribution in [-0.4, -0.2) is 22.6 Å². The van der Waals surface area contributed by atoms with Crippen LogP contribution in [-0.2, 0) is 4.79 Å². The number of nitrogens with one attached hydrogen (secondary N) is 2. The van der Waals surface area contributed by atoms with Crippen molar-refractivity contribution in [3.8, 4) is 0 Å². The Morgan fingerprint density at radius 1 is 1.69 bits per heavy atom. The summed E-state index contributed by atoms with van der Waals surface area (Å²) in [5.41, 5.74) is -0.495. The first-order chi connectivity index (χ1) is 6.27. The molecule has 1 heterocycles. The molecule has 0 atom stereocenters. The summed E-state index contributed by atoms with van der Waals surface area (Å²) in [6.45, 7) is -0.0560. The Morgan fingerprint density at radius 3 is 2.92 bits per heavy atom. The van der Waals surface area contributed by atoms with Gasteiger partial charge in [0.2, 0.25) is 5.91 Å². The third-order valence-corrected chi connectivity index (χ3v) is 2.48. The number of aromatic amines is 1. The normalized spacial score (nSPS) is 18.2. The van der Waals surface area contributed by atoms with Crippen LogP contribution in [0.2, 0.25) is 0 Å². The first-order valence-corrected chi connectivity index (χ1v) is 4.33. The second-order valence-corrected chi connectivity index (χ2v) is 3.48. The van der Waals surface area contributed by atoms with Crippen molar-refractivity contribution in [1.29, 1.82) is 0 Å². The Bertz CT molecular complexity index is 301. The van der Waals surface area contributed by atoms with Gasteiger partial charge in [-0.05, 0) is 25.0 Å². The summed E-state index contributed by atoms with van der Waals surface area (Å²) in [6.07, 6.45) is 3.32. The Morgan fingerprint density at radius 2 is 2.46 bits per heavy atom. The average Bonchev–Trinajstić information content (AvgIpc) is 2.79. The standard InChI is InChI=1S/C9H12N2O2/c12-6-9(3-4-9)8(13)11-7-2-1-5-10-7/h1-2,5,10,12H,3-4,6H2,(H,11,13). The van der Waals surface area contributed by atoms with Crippen molar-refractivity contribution in [3.63, 3.8) is 0 Å². The molecule has 0 aliphatic heterocycles. The molecule has 1 saturated carbocycles. The number of aliphatic hydroxyl groups excluding tert-OH is 1. The van der Waals surface area contributed by atoms with Gasteiger partial charge in [-0.15, -0.1) is 0 Å². The van der Waals surface area contributed by atoms with Gasteiger partial charge in [0.1, 0.15) is 5.82 Å². The topological polar surface area (TPSA) is 65.1 Å². The van der Waals surface area contributed by atoms with Crippen LogP contribution in [0, 0.1) is 5.41 Å². The lowest BCUT2D eigenvalue weighted by molar-refractivity contribution is -0.122. The summed E-state index contributed by atoms with van der Waals surface area (Å²) >= 11 is 0. The third kappa shape index (κ3) is 1.45. The van der Waals surface area contributed by atoms with Crippen molar-refractivity contribution in [2.45, 2.75) is 12.8 Å². The lowest BCUT2D eigenvalue weighted by atomic mass is 10.1. The molecular weight excluding hydrogens is 168 g/mol. The molecule has 1 aliphatic rings. The van der Waals surface area contributed by atoms with E-state index in [0.29, 0.717) is 5.82 Å². The van der Waals surface area contributed by atoms with Crippen molar-refractivity contribution in [2.75, 3.05) is 11.9 Å². The van der Waals surface area contributed by atoms with Gasteiger partial charge in [0.15, 0.2) is 0 Å². The maximum absolute atomic E-state index is 11.5. The van der Waals surface area contributed by atoms with Gasteiger partial charge in [-0.2, -0.15) is 0 Å². The Hall–Kier alpha value is -1.29. The van der Waals surface area contributed by atoms with Crippen LogP contribution in [0.5, 0.6) is 0 Å². The highest BCUT2D eigenvalue weighted by Crippen LogP contribution is 2.45. The van der Waals surface area contributed by atoms with E-state index in [4.69, 9.17) is 5.11 Å². The summed E-state index contributed by atoms with van der Waals surface area (Å²) < 4.78 is 0. The molecule has 0 unspecified atom stereocenters. The number of hydrogen-bond donors (Lipinski definition) is 3. The summed E-state index contributed by atoms with van der Waals surface area (Å²) in [5, 5.41) is 11.7. The fourth-order valence-corrected chi connectivity index (χ4v) is 1.27. The number of rotatable bonds is 3. The quantitative estimate of drug-likeness (QED) is 0.642. The largest absolute Gasteiger partial charge is 0.395 e. The molecule has 1 aromatic heterocycles. The Labute approximate surface area is 76.0 Å². The van der Waals surface area contributed by atoms with Crippen LogP contribution in [0.4, 0.5) is 5.82 Å². The lowest BCUT2D eigenvalue weighted by Crippen LogP contribution is -2.27. The molecule has 0 bridgehead atoms. The van der Waals surface area contributed by atoms with E-state index in [1.165, 1.54) is 0 Å². The van der Waals surface area contributed by atoms with Crippen molar-refractivity contribution < 1.29 is 9.90 Å². The molecule has 4 nitrogen and oxygen atoms in total. The van der Waals surface area contributed by atoms with E-state index < -0.39 is 5.41 Å². The van der Waals surface area contributed by atoms with E-state index in [9.17, 15) is 4.79 Å². The molecule has 0 spiro atoms. The van der Waals surface area contributed by atoms with Crippen molar-refractivity contribution in [2.24, 2.45) is 5.41 Å². The number of anilines is 1. The molecule has 1 fully saturated rings. The van der Waals surface area contributed by atoms with E-state index in [0.717, 1.165) is 12.8 Å². The monoisotopic (exact) mass is 180 g/mol. The molecule has 70 valence electrons. The van der Waals surface area contributed by atoms with Crippen LogP contribution >= 0.6 is 0 Å². The van der Waals surface area contributed by atoms with Crippen LogP contribution in [0.3, 0.4) is 0 Å². The maximum atomic E-state index is 11.5. The highest BCUT2D eigenvalue weighted by atomic mass is 16.3. The molecule has 0 aromatic carbocycles. The first kappa shape index (κ1) is 8.31. The van der Waals surface area contributed by atoms with Gasteiger partial charge in [-0.3, -0.25) is 4.79 Å². The first-order valence-electron chi connectivity index (χ1n) is 4.33. The minimum Gasteiger partial charge on any atom is -0.395 e. The van der Waals surface area contributed by atoms with E-state index in [-0.39, 0.29) is 12.5 Å². The zero-order valence-corrected chi connectivity index (χ0v) is 7.21. The van der Waals surface area contributed by atoms with E-state index in [2.05, 4.69) is 10.3 Å². The molecule has 3 N–H and O–H groups in total. The zero-order chi connectivity index (χ0) is 9.31. The van der Waals surface area contributed by atoms with Crippen molar-refractivity contribution in [1.82, 2.24) is 4.98 Å². The van der Waals surface area contributed by atoms with Gasteiger partial charge in [0.05, 0.1) is 12.0 Å². The van der Waals surface area contributed by atoms with Crippen LogP contribution in [0.25, 0.3) is 0 Å². The smallest absolute Gasteiger partial charge is 0.234 e. The Balaban J connectivity index is 2.00.